The number of esters is 1. The van der Waals surface area contributed by atoms with Gasteiger partial charge in [0, 0.05) is 25.2 Å². The van der Waals surface area contributed by atoms with E-state index in [4.69, 9.17) is 4.74 Å². The lowest BCUT2D eigenvalue weighted by Gasteiger charge is -2.35. The first-order chi connectivity index (χ1) is 7.56. The summed E-state index contributed by atoms with van der Waals surface area (Å²) in [6.07, 6.45) is 5.19. The molecule has 1 rings (SSSR count). The maximum absolute atomic E-state index is 11.6. The minimum atomic E-state index is -0.313. The van der Waals surface area contributed by atoms with Crippen molar-refractivity contribution in [2.75, 3.05) is 13.1 Å². The summed E-state index contributed by atoms with van der Waals surface area (Å²) in [5.74, 6) is 0.407. The Morgan fingerprint density at radius 1 is 1.50 bits per heavy atom. The van der Waals surface area contributed by atoms with Crippen LogP contribution in [0.3, 0.4) is 0 Å². The zero-order chi connectivity index (χ0) is 12.0. The molecule has 0 amide bonds. The van der Waals surface area contributed by atoms with Crippen LogP contribution in [0.5, 0.6) is 0 Å². The van der Waals surface area contributed by atoms with Crippen LogP contribution in [0.15, 0.2) is 12.7 Å². The highest BCUT2D eigenvalue weighted by atomic mass is 16.6. The number of hydrogen-bond acceptors (Lipinski definition) is 2. The van der Waals surface area contributed by atoms with E-state index in [9.17, 15) is 4.79 Å². The van der Waals surface area contributed by atoms with Crippen molar-refractivity contribution in [3.63, 3.8) is 0 Å². The van der Waals surface area contributed by atoms with Gasteiger partial charge in [-0.2, -0.15) is 0 Å². The molecule has 1 fully saturated rings. The molecule has 1 saturated heterocycles. The average molecular weight is 226 g/mol. The van der Waals surface area contributed by atoms with Crippen molar-refractivity contribution in [3.05, 3.63) is 12.7 Å². The van der Waals surface area contributed by atoms with Crippen LogP contribution in [0.2, 0.25) is 0 Å². The van der Waals surface area contributed by atoms with E-state index in [1.165, 1.54) is 0 Å². The van der Waals surface area contributed by atoms with Crippen molar-refractivity contribution in [1.29, 1.82) is 0 Å². The van der Waals surface area contributed by atoms with Gasteiger partial charge in [-0.25, -0.2) is 0 Å². The first kappa shape index (κ1) is 13.2. The summed E-state index contributed by atoms with van der Waals surface area (Å²) < 4.78 is 5.58. The molecule has 92 valence electrons. The summed E-state index contributed by atoms with van der Waals surface area (Å²) in [6.45, 7) is 9.98. The smallest absolute Gasteiger partial charge is 0.306 e. The van der Waals surface area contributed by atoms with Crippen molar-refractivity contribution >= 4 is 5.97 Å². The van der Waals surface area contributed by atoms with Crippen molar-refractivity contribution in [2.24, 2.45) is 5.92 Å². The fourth-order valence-corrected chi connectivity index (χ4v) is 2.27. The van der Waals surface area contributed by atoms with E-state index in [1.54, 1.807) is 6.08 Å². The van der Waals surface area contributed by atoms with Gasteiger partial charge in [0.05, 0.1) is 13.1 Å². The lowest BCUT2D eigenvalue weighted by molar-refractivity contribution is -0.665. The summed E-state index contributed by atoms with van der Waals surface area (Å²) in [5, 5.41) is 2.33. The van der Waals surface area contributed by atoms with E-state index >= 15 is 0 Å². The molecule has 0 aromatic rings. The van der Waals surface area contributed by atoms with Gasteiger partial charge in [-0.15, -0.1) is 6.58 Å². The molecule has 0 radical (unpaired) electrons. The predicted molar refractivity (Wildman–Crippen MR) is 64.0 cm³/mol. The molecule has 1 aliphatic heterocycles. The van der Waals surface area contributed by atoms with Gasteiger partial charge >= 0.3 is 5.97 Å². The van der Waals surface area contributed by atoms with Crippen LogP contribution in [-0.4, -0.2) is 24.7 Å². The van der Waals surface area contributed by atoms with Crippen molar-refractivity contribution in [2.45, 2.75) is 45.1 Å². The van der Waals surface area contributed by atoms with Gasteiger partial charge in [0.15, 0.2) is 0 Å². The number of allylic oxidation sites excluding steroid dienone is 1. The Kier molecular flexibility index (Phi) is 5.00. The lowest BCUT2D eigenvalue weighted by Crippen LogP contribution is -2.86. The predicted octanol–water partition coefficient (Wildman–Crippen LogP) is 1.25. The lowest BCUT2D eigenvalue weighted by atomic mass is 9.83. The molecule has 0 saturated carbocycles. The van der Waals surface area contributed by atoms with Gasteiger partial charge in [0.1, 0.15) is 5.60 Å². The molecule has 0 bridgehead atoms. The number of carbonyl (C=O) groups is 1. The quantitative estimate of drug-likeness (QED) is 0.566. The van der Waals surface area contributed by atoms with Gasteiger partial charge < -0.3 is 10.1 Å². The molecule has 3 nitrogen and oxygen atoms in total. The molecule has 3 heteroatoms. The summed E-state index contributed by atoms with van der Waals surface area (Å²) in [4.78, 5) is 11.6. The number of quaternary nitrogens is 1. The summed E-state index contributed by atoms with van der Waals surface area (Å²) in [6, 6.07) is 0. The molecule has 0 spiro atoms. The SMILES string of the molecule is C=CCCC(=O)OC(C)(C)C1CC[NH2+]CC1. The van der Waals surface area contributed by atoms with E-state index < -0.39 is 0 Å². The largest absolute Gasteiger partial charge is 0.459 e. The Morgan fingerprint density at radius 2 is 2.12 bits per heavy atom. The Labute approximate surface area is 98.2 Å². The van der Waals surface area contributed by atoms with Crippen molar-refractivity contribution in [1.82, 2.24) is 0 Å². The number of hydrogen-bond donors (Lipinski definition) is 1. The topological polar surface area (TPSA) is 42.9 Å². The van der Waals surface area contributed by atoms with Crippen molar-refractivity contribution < 1.29 is 14.8 Å². The standard InChI is InChI=1S/C13H23NO2/c1-4-5-6-12(15)16-13(2,3)11-7-9-14-10-8-11/h4,11,14H,1,5-10H2,2-3H3/p+1. The third-order valence-electron chi connectivity index (χ3n) is 3.35. The zero-order valence-corrected chi connectivity index (χ0v) is 10.5. The molecular weight excluding hydrogens is 202 g/mol. The minimum absolute atomic E-state index is 0.0977. The Morgan fingerprint density at radius 3 is 2.69 bits per heavy atom. The van der Waals surface area contributed by atoms with Crippen molar-refractivity contribution in [3.8, 4) is 0 Å². The Balaban J connectivity index is 2.42. The highest BCUT2D eigenvalue weighted by Crippen LogP contribution is 2.28. The highest BCUT2D eigenvalue weighted by Gasteiger charge is 2.34. The fraction of sp³-hybridized carbons (Fsp3) is 0.769. The first-order valence-corrected chi connectivity index (χ1v) is 6.20. The van der Waals surface area contributed by atoms with E-state index in [0.717, 1.165) is 25.9 Å². The van der Waals surface area contributed by atoms with Crippen LogP contribution in [0.4, 0.5) is 0 Å². The van der Waals surface area contributed by atoms with Crippen LogP contribution in [0.1, 0.15) is 39.5 Å². The molecule has 16 heavy (non-hydrogen) atoms. The molecule has 0 aromatic heterocycles. The zero-order valence-electron chi connectivity index (χ0n) is 10.5. The van der Waals surface area contributed by atoms with Gasteiger partial charge in [-0.1, -0.05) is 6.08 Å². The number of ether oxygens (including phenoxy) is 1. The summed E-state index contributed by atoms with van der Waals surface area (Å²) >= 11 is 0. The third-order valence-corrected chi connectivity index (χ3v) is 3.35. The summed E-state index contributed by atoms with van der Waals surface area (Å²) in [7, 11) is 0. The average Bonchev–Trinajstić information content (AvgIpc) is 2.27. The van der Waals surface area contributed by atoms with E-state index in [2.05, 4.69) is 11.9 Å². The maximum atomic E-state index is 11.6. The number of nitrogens with two attached hydrogens (primary N) is 1. The highest BCUT2D eigenvalue weighted by molar-refractivity contribution is 5.70. The van der Waals surface area contributed by atoms with E-state index in [-0.39, 0.29) is 11.6 Å². The fourth-order valence-electron chi connectivity index (χ4n) is 2.27. The molecular formula is C13H24NO2+. The molecule has 0 unspecified atom stereocenters. The Hall–Kier alpha value is -0.830. The molecule has 1 heterocycles. The molecule has 0 aromatic carbocycles. The first-order valence-electron chi connectivity index (χ1n) is 6.20. The number of carbonyl (C=O) groups excluding carboxylic acids is 1. The molecule has 2 N–H and O–H groups in total. The maximum Gasteiger partial charge on any atom is 0.306 e. The molecule has 0 atom stereocenters. The van der Waals surface area contributed by atoms with Crippen LogP contribution >= 0.6 is 0 Å². The molecule has 0 aliphatic carbocycles. The number of rotatable bonds is 5. The second-order valence-corrected chi connectivity index (χ2v) is 5.05. The number of piperidine rings is 1. The normalized spacial score (nSPS) is 18.1. The monoisotopic (exact) mass is 226 g/mol. The second kappa shape index (κ2) is 6.04. The molecule has 1 aliphatic rings. The van der Waals surface area contributed by atoms with Gasteiger partial charge in [0.25, 0.3) is 0 Å². The van der Waals surface area contributed by atoms with Crippen LogP contribution < -0.4 is 5.32 Å². The Bertz CT molecular complexity index is 242. The van der Waals surface area contributed by atoms with Crippen LogP contribution in [0.25, 0.3) is 0 Å². The van der Waals surface area contributed by atoms with Gasteiger partial charge in [-0.05, 0) is 20.3 Å². The minimum Gasteiger partial charge on any atom is -0.459 e. The van der Waals surface area contributed by atoms with Crippen LogP contribution in [-0.2, 0) is 9.53 Å². The third kappa shape index (κ3) is 3.97. The second-order valence-electron chi connectivity index (χ2n) is 5.05. The summed E-state index contributed by atoms with van der Waals surface area (Å²) in [5.41, 5.74) is -0.313. The van der Waals surface area contributed by atoms with Gasteiger partial charge in [0.2, 0.25) is 0 Å². The van der Waals surface area contributed by atoms with Crippen LogP contribution in [0, 0.1) is 5.92 Å². The van der Waals surface area contributed by atoms with E-state index in [0.29, 0.717) is 18.8 Å². The van der Waals surface area contributed by atoms with E-state index in [1.807, 2.05) is 13.8 Å². The van der Waals surface area contributed by atoms with Gasteiger partial charge in [-0.3, -0.25) is 4.79 Å².